The average Bonchev–Trinajstić information content (AvgIpc) is 2.27. The van der Waals surface area contributed by atoms with Crippen molar-refractivity contribution in [1.29, 1.82) is 0 Å². The molecule has 1 aliphatic heterocycles. The Morgan fingerprint density at radius 3 is 2.72 bits per heavy atom. The summed E-state index contributed by atoms with van der Waals surface area (Å²) < 4.78 is 0. The molecule has 98 valence electrons. The van der Waals surface area contributed by atoms with E-state index in [2.05, 4.69) is 0 Å². The first kappa shape index (κ1) is 13.5. The third-order valence-corrected chi connectivity index (χ3v) is 3.45. The summed E-state index contributed by atoms with van der Waals surface area (Å²) in [6.07, 6.45) is 0.902. The van der Waals surface area contributed by atoms with Crippen LogP contribution in [0.5, 0.6) is 5.75 Å². The van der Waals surface area contributed by atoms with Gasteiger partial charge in [0.05, 0.1) is 16.7 Å². The summed E-state index contributed by atoms with van der Waals surface area (Å²) in [5.74, 6) is -0.620. The van der Waals surface area contributed by atoms with Crippen LogP contribution in [0.2, 0.25) is 10.0 Å². The summed E-state index contributed by atoms with van der Waals surface area (Å²) in [7, 11) is 0. The fourth-order valence-electron chi connectivity index (χ4n) is 2.07. The van der Waals surface area contributed by atoms with Crippen LogP contribution in [0.25, 0.3) is 0 Å². The molecule has 0 radical (unpaired) electrons. The number of aliphatic hydroxyl groups excluding tert-OH is 1. The predicted molar refractivity (Wildman–Crippen MR) is 69.3 cm³/mol. The van der Waals surface area contributed by atoms with Crippen LogP contribution in [0.3, 0.4) is 0 Å². The molecule has 1 aliphatic rings. The molecule has 1 aromatic rings. The van der Waals surface area contributed by atoms with Crippen molar-refractivity contribution in [3.05, 3.63) is 27.7 Å². The van der Waals surface area contributed by atoms with Gasteiger partial charge in [0.2, 0.25) is 0 Å². The molecule has 18 heavy (non-hydrogen) atoms. The summed E-state index contributed by atoms with van der Waals surface area (Å²) in [4.78, 5) is 13.7. The van der Waals surface area contributed by atoms with Gasteiger partial charge in [-0.05, 0) is 25.0 Å². The molecular formula is C12H13Cl2NO3. The zero-order valence-corrected chi connectivity index (χ0v) is 11.1. The van der Waals surface area contributed by atoms with Crippen LogP contribution in [0.1, 0.15) is 23.2 Å². The smallest absolute Gasteiger partial charge is 0.259 e. The summed E-state index contributed by atoms with van der Waals surface area (Å²) in [6, 6.07) is 2.69. The van der Waals surface area contributed by atoms with Crippen molar-refractivity contribution < 1.29 is 15.0 Å². The molecule has 1 aromatic carbocycles. The lowest BCUT2D eigenvalue weighted by Crippen LogP contribution is -2.42. The Kier molecular flexibility index (Phi) is 4.00. The maximum absolute atomic E-state index is 12.2. The van der Waals surface area contributed by atoms with E-state index in [1.807, 2.05) is 0 Å². The van der Waals surface area contributed by atoms with Gasteiger partial charge < -0.3 is 15.1 Å². The van der Waals surface area contributed by atoms with Crippen LogP contribution in [0.4, 0.5) is 0 Å². The third kappa shape index (κ3) is 2.71. The summed E-state index contributed by atoms with van der Waals surface area (Å²) in [5, 5.41) is 19.7. The minimum atomic E-state index is -0.518. The Morgan fingerprint density at radius 2 is 2.11 bits per heavy atom. The number of phenols is 1. The minimum absolute atomic E-state index is 0.0372. The number of amides is 1. The Labute approximate surface area is 115 Å². The van der Waals surface area contributed by atoms with Crippen molar-refractivity contribution in [3.63, 3.8) is 0 Å². The van der Waals surface area contributed by atoms with Crippen LogP contribution >= 0.6 is 23.2 Å². The SMILES string of the molecule is O=C(c1c(O)cc(Cl)cc1Cl)N1CCCC(O)C1. The molecule has 2 N–H and O–H groups in total. The van der Waals surface area contributed by atoms with Gasteiger partial charge in [-0.2, -0.15) is 0 Å². The molecule has 1 unspecified atom stereocenters. The number of hydrogen-bond acceptors (Lipinski definition) is 3. The second kappa shape index (κ2) is 5.34. The molecule has 0 aliphatic carbocycles. The number of aliphatic hydroxyl groups is 1. The lowest BCUT2D eigenvalue weighted by Gasteiger charge is -2.30. The molecular weight excluding hydrogens is 277 g/mol. The fraction of sp³-hybridized carbons (Fsp3) is 0.417. The van der Waals surface area contributed by atoms with E-state index in [1.54, 1.807) is 0 Å². The van der Waals surface area contributed by atoms with E-state index in [4.69, 9.17) is 23.2 Å². The van der Waals surface area contributed by atoms with Gasteiger partial charge in [0.1, 0.15) is 5.75 Å². The van der Waals surface area contributed by atoms with E-state index in [9.17, 15) is 15.0 Å². The van der Waals surface area contributed by atoms with Gasteiger partial charge in [0.15, 0.2) is 0 Å². The molecule has 1 fully saturated rings. The number of nitrogens with zero attached hydrogens (tertiary/aromatic N) is 1. The zero-order valence-electron chi connectivity index (χ0n) is 9.57. The molecule has 2 rings (SSSR count). The standard InChI is InChI=1S/C12H13Cl2NO3/c13-7-4-9(14)11(10(17)5-7)12(18)15-3-1-2-8(16)6-15/h4-5,8,16-17H,1-3,6H2. The monoisotopic (exact) mass is 289 g/mol. The quantitative estimate of drug-likeness (QED) is 0.834. The number of aromatic hydroxyl groups is 1. The topological polar surface area (TPSA) is 60.8 Å². The van der Waals surface area contributed by atoms with E-state index in [1.165, 1.54) is 17.0 Å². The molecule has 1 amide bonds. The van der Waals surface area contributed by atoms with Crippen LogP contribution in [-0.2, 0) is 0 Å². The maximum atomic E-state index is 12.2. The van der Waals surface area contributed by atoms with Crippen molar-refractivity contribution in [2.75, 3.05) is 13.1 Å². The molecule has 4 nitrogen and oxygen atoms in total. The van der Waals surface area contributed by atoms with Gasteiger partial charge in [0, 0.05) is 18.1 Å². The molecule has 6 heteroatoms. The van der Waals surface area contributed by atoms with Crippen molar-refractivity contribution in [1.82, 2.24) is 4.90 Å². The van der Waals surface area contributed by atoms with Gasteiger partial charge >= 0.3 is 0 Å². The van der Waals surface area contributed by atoms with Gasteiger partial charge in [-0.3, -0.25) is 4.79 Å². The molecule has 0 bridgehead atoms. The fourth-order valence-corrected chi connectivity index (χ4v) is 2.63. The van der Waals surface area contributed by atoms with Gasteiger partial charge in [-0.15, -0.1) is 0 Å². The Bertz CT molecular complexity index is 455. The van der Waals surface area contributed by atoms with Crippen LogP contribution in [-0.4, -0.2) is 40.2 Å². The summed E-state index contributed by atoms with van der Waals surface area (Å²) in [5.41, 5.74) is 0.0372. The lowest BCUT2D eigenvalue weighted by molar-refractivity contribution is 0.0471. The van der Waals surface area contributed by atoms with E-state index in [-0.39, 0.29) is 33.8 Å². The maximum Gasteiger partial charge on any atom is 0.259 e. The highest BCUT2D eigenvalue weighted by molar-refractivity contribution is 6.37. The minimum Gasteiger partial charge on any atom is -0.507 e. The van der Waals surface area contributed by atoms with E-state index < -0.39 is 6.10 Å². The summed E-state index contributed by atoms with van der Waals surface area (Å²) in [6.45, 7) is 0.811. The normalized spacial score (nSPS) is 19.9. The number of benzene rings is 1. The number of hydrogen-bond donors (Lipinski definition) is 2. The number of carbonyl (C=O) groups is 1. The predicted octanol–water partition coefficient (Wildman–Crippen LogP) is 2.30. The van der Waals surface area contributed by atoms with Gasteiger partial charge in [-0.1, -0.05) is 23.2 Å². The van der Waals surface area contributed by atoms with E-state index >= 15 is 0 Å². The Morgan fingerprint density at radius 1 is 1.39 bits per heavy atom. The van der Waals surface area contributed by atoms with Crippen molar-refractivity contribution in [2.45, 2.75) is 18.9 Å². The lowest BCUT2D eigenvalue weighted by atomic mass is 10.1. The Hall–Kier alpha value is -0.970. The zero-order chi connectivity index (χ0) is 13.3. The average molecular weight is 290 g/mol. The number of likely N-dealkylation sites (tertiary alicyclic amines) is 1. The number of piperidine rings is 1. The first-order chi connectivity index (χ1) is 8.49. The highest BCUT2D eigenvalue weighted by Crippen LogP contribution is 2.31. The number of β-amino-alcohol motifs (C(OH)–C–C–N with tert-alkyl or cyclic N) is 1. The number of halogens is 2. The van der Waals surface area contributed by atoms with Crippen LogP contribution in [0, 0.1) is 0 Å². The van der Waals surface area contributed by atoms with Crippen molar-refractivity contribution in [3.8, 4) is 5.75 Å². The molecule has 0 saturated carbocycles. The van der Waals surface area contributed by atoms with E-state index in [0.717, 1.165) is 6.42 Å². The number of carbonyl (C=O) groups excluding carboxylic acids is 1. The molecule has 1 atom stereocenters. The molecule has 0 aromatic heterocycles. The first-order valence-electron chi connectivity index (χ1n) is 5.64. The van der Waals surface area contributed by atoms with Gasteiger partial charge in [-0.25, -0.2) is 0 Å². The molecule has 0 spiro atoms. The first-order valence-corrected chi connectivity index (χ1v) is 6.40. The third-order valence-electron chi connectivity index (χ3n) is 2.93. The molecule has 1 heterocycles. The second-order valence-electron chi connectivity index (χ2n) is 4.33. The summed E-state index contributed by atoms with van der Waals surface area (Å²) >= 11 is 11.7. The number of phenolic OH excluding ortho intramolecular Hbond substituents is 1. The van der Waals surface area contributed by atoms with Crippen LogP contribution < -0.4 is 0 Å². The largest absolute Gasteiger partial charge is 0.507 e. The highest BCUT2D eigenvalue weighted by Gasteiger charge is 2.26. The van der Waals surface area contributed by atoms with Gasteiger partial charge in [0.25, 0.3) is 5.91 Å². The highest BCUT2D eigenvalue weighted by atomic mass is 35.5. The number of rotatable bonds is 1. The van der Waals surface area contributed by atoms with Crippen LogP contribution in [0.15, 0.2) is 12.1 Å². The Balaban J connectivity index is 2.28. The van der Waals surface area contributed by atoms with Crippen molar-refractivity contribution >= 4 is 29.1 Å². The molecule has 1 saturated heterocycles. The second-order valence-corrected chi connectivity index (χ2v) is 5.17. The van der Waals surface area contributed by atoms with Crippen molar-refractivity contribution in [2.24, 2.45) is 0 Å². The van der Waals surface area contributed by atoms with E-state index in [0.29, 0.717) is 13.0 Å².